The van der Waals surface area contributed by atoms with E-state index in [1.54, 1.807) is 12.0 Å². The minimum Gasteiger partial charge on any atom is -0.497 e. The lowest BCUT2D eigenvalue weighted by molar-refractivity contribution is -0.140. The Bertz CT molecular complexity index is 580. The molecule has 0 spiro atoms. The van der Waals surface area contributed by atoms with E-state index in [9.17, 15) is 9.59 Å². The summed E-state index contributed by atoms with van der Waals surface area (Å²) >= 11 is 0. The molecule has 0 radical (unpaired) electrons. The molecule has 0 saturated carbocycles. The van der Waals surface area contributed by atoms with Crippen LogP contribution < -0.4 is 10.1 Å². The molecule has 6 heteroatoms. The van der Waals surface area contributed by atoms with Gasteiger partial charge in [-0.15, -0.1) is 0 Å². The number of morpholine rings is 1. The van der Waals surface area contributed by atoms with Crippen LogP contribution in [-0.4, -0.2) is 56.2 Å². The number of nitrogens with one attached hydrogen (secondary N) is 1. The van der Waals surface area contributed by atoms with Crippen molar-refractivity contribution in [2.75, 3.05) is 33.4 Å². The van der Waals surface area contributed by atoms with Crippen molar-refractivity contribution in [1.29, 1.82) is 0 Å². The molecule has 2 amide bonds. The zero-order valence-electron chi connectivity index (χ0n) is 16.0. The third kappa shape index (κ3) is 6.33. The summed E-state index contributed by atoms with van der Waals surface area (Å²) in [5, 5.41) is 2.94. The van der Waals surface area contributed by atoms with Crippen LogP contribution in [0.1, 0.15) is 32.3 Å². The van der Waals surface area contributed by atoms with Crippen molar-refractivity contribution in [3.05, 3.63) is 29.8 Å². The fourth-order valence-electron chi connectivity index (χ4n) is 3.01. The van der Waals surface area contributed by atoms with E-state index in [4.69, 9.17) is 9.47 Å². The summed E-state index contributed by atoms with van der Waals surface area (Å²) in [6.07, 6.45) is 1.64. The van der Waals surface area contributed by atoms with Gasteiger partial charge in [0.25, 0.3) is 0 Å². The van der Waals surface area contributed by atoms with Crippen LogP contribution in [0.15, 0.2) is 24.3 Å². The third-order valence-electron chi connectivity index (χ3n) is 4.46. The first kappa shape index (κ1) is 20.2. The number of hydrogen-bond donors (Lipinski definition) is 1. The smallest absolute Gasteiger partial charge is 0.245 e. The van der Waals surface area contributed by atoms with Crippen LogP contribution >= 0.6 is 0 Å². The number of carbonyl (C=O) groups is 2. The summed E-state index contributed by atoms with van der Waals surface area (Å²) in [4.78, 5) is 26.9. The van der Waals surface area contributed by atoms with Gasteiger partial charge in [-0.25, -0.2) is 0 Å². The van der Waals surface area contributed by atoms with E-state index in [1.807, 2.05) is 24.3 Å². The molecule has 144 valence electrons. The molecule has 1 N–H and O–H groups in total. The maximum Gasteiger partial charge on any atom is 0.245 e. The van der Waals surface area contributed by atoms with Crippen molar-refractivity contribution in [1.82, 2.24) is 10.2 Å². The topological polar surface area (TPSA) is 67.9 Å². The summed E-state index contributed by atoms with van der Waals surface area (Å²) in [6, 6.07) is 7.22. The second kappa shape index (κ2) is 10.2. The summed E-state index contributed by atoms with van der Waals surface area (Å²) in [5.41, 5.74) is 1.07. The molecule has 1 aliphatic rings. The van der Waals surface area contributed by atoms with E-state index >= 15 is 0 Å². The average molecular weight is 362 g/mol. The molecule has 0 unspecified atom stereocenters. The predicted octanol–water partition coefficient (Wildman–Crippen LogP) is 2.02. The highest BCUT2D eigenvalue weighted by Gasteiger charge is 2.27. The molecule has 6 nitrogen and oxygen atoms in total. The Morgan fingerprint density at radius 2 is 1.85 bits per heavy atom. The number of methoxy groups -OCH3 is 1. The lowest BCUT2D eigenvalue weighted by atomic mass is 10.0. The van der Waals surface area contributed by atoms with Gasteiger partial charge in [0.1, 0.15) is 11.8 Å². The molecular weight excluding hydrogens is 332 g/mol. The molecule has 26 heavy (non-hydrogen) atoms. The average Bonchev–Trinajstić information content (AvgIpc) is 2.66. The minimum atomic E-state index is -0.462. The SMILES string of the molecule is COc1ccc(CCC(=O)N[C@H](CC(C)C)C(=O)N2CCOCC2)cc1. The number of rotatable bonds is 8. The normalized spacial score (nSPS) is 15.6. The van der Waals surface area contributed by atoms with Gasteiger partial charge in [0.2, 0.25) is 11.8 Å². The molecule has 1 heterocycles. The van der Waals surface area contributed by atoms with Gasteiger partial charge in [-0.05, 0) is 36.5 Å². The van der Waals surface area contributed by atoms with Crippen molar-refractivity contribution < 1.29 is 19.1 Å². The molecule has 2 rings (SSSR count). The Labute approximate surface area is 155 Å². The van der Waals surface area contributed by atoms with Gasteiger partial charge in [-0.2, -0.15) is 0 Å². The zero-order valence-corrected chi connectivity index (χ0v) is 16.0. The van der Waals surface area contributed by atoms with Gasteiger partial charge in [0, 0.05) is 19.5 Å². The van der Waals surface area contributed by atoms with Crippen LogP contribution in [0.4, 0.5) is 0 Å². The fraction of sp³-hybridized carbons (Fsp3) is 0.600. The van der Waals surface area contributed by atoms with Gasteiger partial charge >= 0.3 is 0 Å². The number of nitrogens with zero attached hydrogens (tertiary/aromatic N) is 1. The molecule has 1 aromatic carbocycles. The van der Waals surface area contributed by atoms with Crippen molar-refractivity contribution in [2.24, 2.45) is 5.92 Å². The minimum absolute atomic E-state index is 0.000188. The van der Waals surface area contributed by atoms with Gasteiger partial charge in [-0.3, -0.25) is 9.59 Å². The van der Waals surface area contributed by atoms with E-state index in [1.165, 1.54) is 0 Å². The second-order valence-corrected chi connectivity index (χ2v) is 7.04. The number of ether oxygens (including phenoxy) is 2. The highest BCUT2D eigenvalue weighted by atomic mass is 16.5. The second-order valence-electron chi connectivity index (χ2n) is 7.04. The van der Waals surface area contributed by atoms with Crippen molar-refractivity contribution in [2.45, 2.75) is 39.2 Å². The maximum absolute atomic E-state index is 12.8. The summed E-state index contributed by atoms with van der Waals surface area (Å²) in [7, 11) is 1.63. The Morgan fingerprint density at radius 1 is 1.19 bits per heavy atom. The van der Waals surface area contributed by atoms with Crippen molar-refractivity contribution in [3.8, 4) is 5.75 Å². The van der Waals surface area contributed by atoms with Crippen molar-refractivity contribution >= 4 is 11.8 Å². The quantitative estimate of drug-likeness (QED) is 0.768. The molecule has 1 aromatic rings. The molecule has 1 saturated heterocycles. The van der Waals surface area contributed by atoms with Crippen molar-refractivity contribution in [3.63, 3.8) is 0 Å². The van der Waals surface area contributed by atoms with Gasteiger partial charge in [-0.1, -0.05) is 26.0 Å². The van der Waals surface area contributed by atoms with Crippen LogP contribution in [-0.2, 0) is 20.7 Å². The Hall–Kier alpha value is -2.08. The first-order valence-electron chi connectivity index (χ1n) is 9.28. The standard InChI is InChI=1S/C20H30N2O4/c1-15(2)14-18(20(24)22-10-12-26-13-11-22)21-19(23)9-6-16-4-7-17(25-3)8-5-16/h4-5,7-8,15,18H,6,9-14H2,1-3H3,(H,21,23)/t18-/m1/s1. The summed E-state index contributed by atoms with van der Waals surface area (Å²) in [6.45, 7) is 6.42. The Morgan fingerprint density at radius 3 is 2.42 bits per heavy atom. The number of hydrogen-bond acceptors (Lipinski definition) is 4. The largest absolute Gasteiger partial charge is 0.497 e. The molecule has 0 bridgehead atoms. The van der Waals surface area contributed by atoms with E-state index in [0.29, 0.717) is 51.5 Å². The van der Waals surface area contributed by atoms with Crippen LogP contribution in [0.25, 0.3) is 0 Å². The summed E-state index contributed by atoms with van der Waals surface area (Å²) < 4.78 is 10.4. The number of amides is 2. The molecule has 0 aliphatic carbocycles. The highest BCUT2D eigenvalue weighted by molar-refractivity contribution is 5.87. The molecule has 1 atom stereocenters. The first-order chi connectivity index (χ1) is 12.5. The van der Waals surface area contributed by atoms with E-state index in [0.717, 1.165) is 11.3 Å². The number of benzene rings is 1. The monoisotopic (exact) mass is 362 g/mol. The molecule has 0 aromatic heterocycles. The fourth-order valence-corrected chi connectivity index (χ4v) is 3.01. The Balaban J connectivity index is 1.89. The zero-order chi connectivity index (χ0) is 18.9. The van der Waals surface area contributed by atoms with Crippen LogP contribution in [0.3, 0.4) is 0 Å². The van der Waals surface area contributed by atoms with Gasteiger partial charge in [0.15, 0.2) is 0 Å². The van der Waals surface area contributed by atoms with E-state index in [2.05, 4.69) is 19.2 Å². The number of carbonyl (C=O) groups excluding carboxylic acids is 2. The molecule has 1 fully saturated rings. The van der Waals surface area contributed by atoms with Gasteiger partial charge < -0.3 is 19.7 Å². The highest BCUT2D eigenvalue weighted by Crippen LogP contribution is 2.13. The molecule has 1 aliphatic heterocycles. The third-order valence-corrected chi connectivity index (χ3v) is 4.46. The van der Waals surface area contributed by atoms with Crippen LogP contribution in [0.5, 0.6) is 5.75 Å². The van der Waals surface area contributed by atoms with E-state index in [-0.39, 0.29) is 11.8 Å². The summed E-state index contributed by atoms with van der Waals surface area (Å²) in [5.74, 6) is 1.03. The lowest BCUT2D eigenvalue weighted by Crippen LogP contribution is -2.52. The number of aryl methyl sites for hydroxylation is 1. The first-order valence-corrected chi connectivity index (χ1v) is 9.28. The Kier molecular flexibility index (Phi) is 7.91. The molecular formula is C20H30N2O4. The maximum atomic E-state index is 12.8. The van der Waals surface area contributed by atoms with Crippen LogP contribution in [0.2, 0.25) is 0 Å². The van der Waals surface area contributed by atoms with Gasteiger partial charge in [0.05, 0.1) is 20.3 Å². The lowest BCUT2D eigenvalue weighted by Gasteiger charge is -2.31. The van der Waals surface area contributed by atoms with E-state index < -0.39 is 6.04 Å². The van der Waals surface area contributed by atoms with Crippen LogP contribution in [0, 0.1) is 5.92 Å². The predicted molar refractivity (Wildman–Crippen MR) is 100 cm³/mol.